The molecule has 5 heteroatoms. The fourth-order valence-electron chi connectivity index (χ4n) is 1.16. The van der Waals surface area contributed by atoms with Crippen LogP contribution >= 0.6 is 31.9 Å². The molecule has 0 N–H and O–H groups in total. The molecule has 0 aliphatic carbocycles. The van der Waals surface area contributed by atoms with Crippen LogP contribution in [-0.2, 0) is 0 Å². The molecule has 0 aliphatic rings. The molecule has 0 spiro atoms. The van der Waals surface area contributed by atoms with Crippen LogP contribution in [-0.4, -0.2) is 9.97 Å². The lowest BCUT2D eigenvalue weighted by atomic mass is 10.2. The molecule has 0 fully saturated rings. The second kappa shape index (κ2) is 4.37. The Bertz CT molecular complexity index is 482. The molecule has 2 aromatic rings. The first-order valence-electron chi connectivity index (χ1n) is 4.10. The molecule has 1 heterocycles. The summed E-state index contributed by atoms with van der Waals surface area (Å²) in [6.45, 7) is 0. The van der Waals surface area contributed by atoms with Crippen molar-refractivity contribution in [3.05, 3.63) is 45.4 Å². The predicted octanol–water partition coefficient (Wildman–Crippen LogP) is 3.81. The van der Waals surface area contributed by atoms with Crippen molar-refractivity contribution in [3.8, 4) is 11.4 Å². The lowest BCUT2D eigenvalue weighted by Crippen LogP contribution is -1.89. The summed E-state index contributed by atoms with van der Waals surface area (Å²) in [5.74, 6) is 0.174. The second-order valence-corrected chi connectivity index (χ2v) is 4.59. The van der Waals surface area contributed by atoms with Gasteiger partial charge in [-0.05, 0) is 40.2 Å². The van der Waals surface area contributed by atoms with Crippen LogP contribution < -0.4 is 0 Å². The SMILES string of the molecule is Fc1cc(Br)cc(-c2nccc(Br)n2)c1. The fraction of sp³-hybridized carbons (Fsp3) is 0. The Balaban J connectivity index is 2.54. The standard InChI is InChI=1S/C10H5Br2FN2/c11-7-3-6(4-8(13)5-7)10-14-2-1-9(12)15-10/h1-5H. The molecule has 76 valence electrons. The fourth-order valence-corrected chi connectivity index (χ4v) is 1.91. The van der Waals surface area contributed by atoms with Crippen molar-refractivity contribution in [2.24, 2.45) is 0 Å². The van der Waals surface area contributed by atoms with Gasteiger partial charge in [-0.15, -0.1) is 0 Å². The van der Waals surface area contributed by atoms with Gasteiger partial charge in [-0.25, -0.2) is 14.4 Å². The smallest absolute Gasteiger partial charge is 0.160 e. The van der Waals surface area contributed by atoms with E-state index in [1.165, 1.54) is 12.1 Å². The number of hydrogen-bond acceptors (Lipinski definition) is 2. The zero-order valence-electron chi connectivity index (χ0n) is 7.42. The van der Waals surface area contributed by atoms with Crippen molar-refractivity contribution in [2.75, 3.05) is 0 Å². The van der Waals surface area contributed by atoms with Gasteiger partial charge in [0, 0.05) is 16.2 Å². The molecular weight excluding hydrogens is 327 g/mol. The van der Waals surface area contributed by atoms with E-state index in [0.717, 1.165) is 0 Å². The average Bonchev–Trinajstić information content (AvgIpc) is 2.16. The number of nitrogens with zero attached hydrogens (tertiary/aromatic N) is 2. The highest BCUT2D eigenvalue weighted by Crippen LogP contribution is 2.22. The quantitative estimate of drug-likeness (QED) is 0.743. The van der Waals surface area contributed by atoms with Crippen LogP contribution in [0, 0.1) is 5.82 Å². The number of benzene rings is 1. The molecule has 2 nitrogen and oxygen atoms in total. The number of halogens is 3. The van der Waals surface area contributed by atoms with E-state index in [0.29, 0.717) is 20.5 Å². The van der Waals surface area contributed by atoms with Crippen LogP contribution in [0.1, 0.15) is 0 Å². The summed E-state index contributed by atoms with van der Waals surface area (Å²) >= 11 is 6.46. The Morgan fingerprint density at radius 2 is 1.93 bits per heavy atom. The van der Waals surface area contributed by atoms with E-state index in [1.54, 1.807) is 18.3 Å². The Labute approximate surface area is 103 Å². The summed E-state index contributed by atoms with van der Waals surface area (Å²) in [7, 11) is 0. The molecule has 0 amide bonds. The van der Waals surface area contributed by atoms with E-state index >= 15 is 0 Å². The van der Waals surface area contributed by atoms with Crippen LogP contribution in [0.3, 0.4) is 0 Å². The van der Waals surface area contributed by atoms with Gasteiger partial charge >= 0.3 is 0 Å². The third-order valence-corrected chi connectivity index (χ3v) is 2.64. The maximum absolute atomic E-state index is 13.1. The van der Waals surface area contributed by atoms with Crippen molar-refractivity contribution < 1.29 is 4.39 Å². The zero-order chi connectivity index (χ0) is 10.8. The molecule has 0 radical (unpaired) electrons. The van der Waals surface area contributed by atoms with Gasteiger partial charge < -0.3 is 0 Å². The minimum atomic E-state index is -0.317. The van der Waals surface area contributed by atoms with E-state index in [9.17, 15) is 4.39 Å². The van der Waals surface area contributed by atoms with Crippen LogP contribution in [0.2, 0.25) is 0 Å². The summed E-state index contributed by atoms with van der Waals surface area (Å²) in [4.78, 5) is 8.21. The maximum Gasteiger partial charge on any atom is 0.160 e. The molecule has 15 heavy (non-hydrogen) atoms. The highest BCUT2D eigenvalue weighted by Gasteiger charge is 2.04. The normalized spacial score (nSPS) is 10.3. The van der Waals surface area contributed by atoms with E-state index in [1.807, 2.05) is 0 Å². The molecule has 0 aliphatic heterocycles. The highest BCUT2D eigenvalue weighted by molar-refractivity contribution is 9.10. The van der Waals surface area contributed by atoms with Gasteiger partial charge in [0.05, 0.1) is 0 Å². The minimum absolute atomic E-state index is 0.317. The molecule has 2 rings (SSSR count). The van der Waals surface area contributed by atoms with Crippen molar-refractivity contribution in [2.45, 2.75) is 0 Å². The minimum Gasteiger partial charge on any atom is -0.237 e. The molecule has 0 saturated carbocycles. The van der Waals surface area contributed by atoms with Gasteiger partial charge in [0.25, 0.3) is 0 Å². The Morgan fingerprint density at radius 1 is 1.13 bits per heavy atom. The molecular formula is C10H5Br2FN2. The van der Waals surface area contributed by atoms with Crippen molar-refractivity contribution in [3.63, 3.8) is 0 Å². The van der Waals surface area contributed by atoms with Gasteiger partial charge in [-0.3, -0.25) is 0 Å². The van der Waals surface area contributed by atoms with Crippen molar-refractivity contribution in [1.29, 1.82) is 0 Å². The first kappa shape index (κ1) is 10.7. The molecule has 1 aromatic heterocycles. The molecule has 0 unspecified atom stereocenters. The van der Waals surface area contributed by atoms with Gasteiger partial charge in [-0.2, -0.15) is 0 Å². The largest absolute Gasteiger partial charge is 0.237 e. The maximum atomic E-state index is 13.1. The molecule has 1 aromatic carbocycles. The molecule has 0 saturated heterocycles. The molecule has 0 bridgehead atoms. The summed E-state index contributed by atoms with van der Waals surface area (Å²) in [6, 6.07) is 6.27. The number of hydrogen-bond donors (Lipinski definition) is 0. The predicted molar refractivity (Wildman–Crippen MR) is 62.8 cm³/mol. The van der Waals surface area contributed by atoms with Crippen LogP contribution in [0.4, 0.5) is 4.39 Å². The number of rotatable bonds is 1. The summed E-state index contributed by atoms with van der Waals surface area (Å²) < 4.78 is 14.5. The van der Waals surface area contributed by atoms with E-state index in [4.69, 9.17) is 0 Å². The highest BCUT2D eigenvalue weighted by atomic mass is 79.9. The lowest BCUT2D eigenvalue weighted by molar-refractivity contribution is 0.627. The summed E-state index contributed by atoms with van der Waals surface area (Å²) in [5, 5.41) is 0. The first-order chi connectivity index (χ1) is 7.15. The van der Waals surface area contributed by atoms with Crippen LogP contribution in [0.25, 0.3) is 11.4 Å². The van der Waals surface area contributed by atoms with Gasteiger partial charge in [0.2, 0.25) is 0 Å². The van der Waals surface area contributed by atoms with Crippen molar-refractivity contribution >= 4 is 31.9 Å². The summed E-state index contributed by atoms with van der Waals surface area (Å²) in [6.07, 6.45) is 1.62. The van der Waals surface area contributed by atoms with E-state index in [2.05, 4.69) is 41.8 Å². The monoisotopic (exact) mass is 330 g/mol. The van der Waals surface area contributed by atoms with Gasteiger partial charge in [0.1, 0.15) is 10.4 Å². The van der Waals surface area contributed by atoms with Gasteiger partial charge in [0.15, 0.2) is 5.82 Å². The van der Waals surface area contributed by atoms with Crippen LogP contribution in [0.15, 0.2) is 39.5 Å². The third kappa shape index (κ3) is 2.60. The second-order valence-electron chi connectivity index (χ2n) is 2.86. The Kier molecular flexibility index (Phi) is 3.11. The van der Waals surface area contributed by atoms with Crippen LogP contribution in [0.5, 0.6) is 0 Å². The van der Waals surface area contributed by atoms with E-state index < -0.39 is 0 Å². The van der Waals surface area contributed by atoms with Crippen molar-refractivity contribution in [1.82, 2.24) is 9.97 Å². The Hall–Kier alpha value is -0.810. The third-order valence-electron chi connectivity index (χ3n) is 1.74. The Morgan fingerprint density at radius 3 is 2.60 bits per heavy atom. The van der Waals surface area contributed by atoms with E-state index in [-0.39, 0.29) is 5.82 Å². The molecule has 0 atom stereocenters. The first-order valence-corrected chi connectivity index (χ1v) is 5.69. The summed E-state index contributed by atoms with van der Waals surface area (Å²) in [5.41, 5.74) is 0.642. The lowest BCUT2D eigenvalue weighted by Gasteiger charge is -2.01. The topological polar surface area (TPSA) is 25.8 Å². The number of aromatic nitrogens is 2. The zero-order valence-corrected chi connectivity index (χ0v) is 10.6. The van der Waals surface area contributed by atoms with Gasteiger partial charge in [-0.1, -0.05) is 15.9 Å². The average molecular weight is 332 g/mol.